The van der Waals surface area contributed by atoms with Crippen LogP contribution in [0.1, 0.15) is 31.4 Å². The van der Waals surface area contributed by atoms with Gasteiger partial charge in [0.15, 0.2) is 0 Å². The highest BCUT2D eigenvalue weighted by Crippen LogP contribution is 2.35. The molecule has 0 aromatic heterocycles. The largest absolute Gasteiger partial charge is 0.494 e. The lowest BCUT2D eigenvalue weighted by Gasteiger charge is -2.24. The van der Waals surface area contributed by atoms with Crippen LogP contribution in [0.3, 0.4) is 0 Å². The molecule has 0 saturated heterocycles. The lowest BCUT2D eigenvalue weighted by atomic mass is 10.0. The predicted molar refractivity (Wildman–Crippen MR) is 95.0 cm³/mol. The Hall–Kier alpha value is -2.40. The van der Waals surface area contributed by atoms with Crippen LogP contribution in [0.2, 0.25) is 0 Å². The van der Waals surface area contributed by atoms with Crippen molar-refractivity contribution >= 4 is 11.4 Å². The summed E-state index contributed by atoms with van der Waals surface area (Å²) in [5.74, 6) is 0.613. The normalized spacial score (nSPS) is 17.0. The van der Waals surface area contributed by atoms with Crippen LogP contribution < -0.4 is 15.5 Å². The van der Waals surface area contributed by atoms with Crippen molar-refractivity contribution in [2.45, 2.75) is 25.8 Å². The number of nitrogens with two attached hydrogens (primary N) is 1. The van der Waals surface area contributed by atoms with Crippen LogP contribution in [-0.2, 0) is 0 Å². The number of anilines is 1. The van der Waals surface area contributed by atoms with Crippen LogP contribution in [0.25, 0.3) is 0 Å². The van der Waals surface area contributed by atoms with Crippen molar-refractivity contribution in [3.8, 4) is 5.75 Å². The van der Waals surface area contributed by atoms with Gasteiger partial charge in [-0.15, -0.1) is 0 Å². The van der Waals surface area contributed by atoms with Crippen LogP contribution in [-0.4, -0.2) is 18.9 Å². The maximum atomic E-state index is 13.2. The Morgan fingerprint density at radius 1 is 1.17 bits per heavy atom. The first-order valence-corrected chi connectivity index (χ1v) is 8.25. The molecule has 0 spiro atoms. The molecular formula is C19H22FN3O. The molecule has 3 rings (SSSR count). The molecule has 126 valence electrons. The average molecular weight is 327 g/mol. The van der Waals surface area contributed by atoms with E-state index in [1.165, 1.54) is 12.1 Å². The molecule has 1 atom stereocenters. The number of hydrogen-bond acceptors (Lipinski definition) is 4. The van der Waals surface area contributed by atoms with E-state index in [4.69, 9.17) is 10.5 Å². The first-order chi connectivity index (χ1) is 11.7. The summed E-state index contributed by atoms with van der Waals surface area (Å²) in [5, 5.41) is 6.53. The zero-order valence-corrected chi connectivity index (χ0v) is 13.8. The molecule has 1 aliphatic heterocycles. The van der Waals surface area contributed by atoms with Crippen LogP contribution in [0.5, 0.6) is 5.75 Å². The van der Waals surface area contributed by atoms with Crippen LogP contribution >= 0.6 is 0 Å². The van der Waals surface area contributed by atoms with E-state index in [9.17, 15) is 4.39 Å². The summed E-state index contributed by atoms with van der Waals surface area (Å²) in [4.78, 5) is 0. The molecule has 0 saturated carbocycles. The van der Waals surface area contributed by atoms with Crippen molar-refractivity contribution in [3.05, 3.63) is 59.9 Å². The number of hydrazone groups is 1. The minimum atomic E-state index is -0.255. The van der Waals surface area contributed by atoms with E-state index in [2.05, 4.69) is 24.2 Å². The fourth-order valence-corrected chi connectivity index (χ4v) is 2.79. The second-order valence-electron chi connectivity index (χ2n) is 5.83. The Balaban J connectivity index is 1.84. The van der Waals surface area contributed by atoms with Crippen molar-refractivity contribution in [1.82, 2.24) is 0 Å². The number of ether oxygens (including phenoxy) is 1. The van der Waals surface area contributed by atoms with Gasteiger partial charge < -0.3 is 10.5 Å². The molecule has 5 heteroatoms. The third kappa shape index (κ3) is 3.57. The summed E-state index contributed by atoms with van der Waals surface area (Å²) in [6.45, 7) is 3.22. The molecule has 0 radical (unpaired) electrons. The lowest BCUT2D eigenvalue weighted by molar-refractivity contribution is 0.317. The fraction of sp³-hybridized carbons (Fsp3) is 0.316. The number of benzene rings is 2. The second-order valence-corrected chi connectivity index (χ2v) is 5.83. The van der Waals surface area contributed by atoms with E-state index in [1.54, 1.807) is 12.1 Å². The Bertz CT molecular complexity index is 698. The van der Waals surface area contributed by atoms with Gasteiger partial charge in [0.2, 0.25) is 0 Å². The minimum Gasteiger partial charge on any atom is -0.494 e. The topological polar surface area (TPSA) is 50.9 Å². The standard InChI is InChI=1S/C19H22FN3O/c1-2-11-24-18-9-3-14(4-10-18)19-12-16(13-21)22-23(19)17-7-5-15(20)6-8-17/h3-10,19H,2,11-13,21H2,1H3. The molecular weight excluding hydrogens is 305 g/mol. The van der Waals surface area contributed by atoms with Gasteiger partial charge in [0.1, 0.15) is 11.6 Å². The molecule has 2 aromatic carbocycles. The number of nitrogens with zero attached hydrogens (tertiary/aromatic N) is 2. The summed E-state index contributed by atoms with van der Waals surface area (Å²) < 4.78 is 18.8. The summed E-state index contributed by atoms with van der Waals surface area (Å²) >= 11 is 0. The summed E-state index contributed by atoms with van der Waals surface area (Å²) in [6, 6.07) is 14.5. The van der Waals surface area contributed by atoms with Gasteiger partial charge in [-0.1, -0.05) is 19.1 Å². The molecule has 0 bridgehead atoms. The van der Waals surface area contributed by atoms with Crippen LogP contribution in [0, 0.1) is 5.82 Å². The molecule has 2 aromatic rings. The average Bonchev–Trinajstić information content (AvgIpc) is 3.05. The van der Waals surface area contributed by atoms with Gasteiger partial charge in [0, 0.05) is 13.0 Å². The van der Waals surface area contributed by atoms with Crippen LogP contribution in [0.15, 0.2) is 53.6 Å². The lowest BCUT2D eigenvalue weighted by Crippen LogP contribution is -2.18. The van der Waals surface area contributed by atoms with Crippen molar-refractivity contribution in [2.75, 3.05) is 18.2 Å². The number of hydrogen-bond donors (Lipinski definition) is 1. The Morgan fingerprint density at radius 2 is 1.88 bits per heavy atom. The second kappa shape index (κ2) is 7.45. The predicted octanol–water partition coefficient (Wildman–Crippen LogP) is 3.88. The zero-order valence-electron chi connectivity index (χ0n) is 13.8. The summed E-state index contributed by atoms with van der Waals surface area (Å²) in [5.41, 5.74) is 8.71. The molecule has 0 fully saturated rings. The molecule has 24 heavy (non-hydrogen) atoms. The van der Waals surface area contributed by atoms with E-state index >= 15 is 0 Å². The highest BCUT2D eigenvalue weighted by molar-refractivity contribution is 5.90. The molecule has 0 amide bonds. The maximum absolute atomic E-state index is 13.2. The first-order valence-electron chi connectivity index (χ1n) is 8.25. The highest BCUT2D eigenvalue weighted by Gasteiger charge is 2.28. The minimum absolute atomic E-state index is 0.0641. The SMILES string of the molecule is CCCOc1ccc(C2CC(CN)=NN2c2ccc(F)cc2)cc1. The number of halogens is 1. The monoisotopic (exact) mass is 327 g/mol. The molecule has 4 nitrogen and oxygen atoms in total. The van der Waals surface area contributed by atoms with E-state index < -0.39 is 0 Å². The van der Waals surface area contributed by atoms with Gasteiger partial charge in [0.05, 0.1) is 24.0 Å². The first kappa shape index (κ1) is 16.5. The van der Waals surface area contributed by atoms with E-state index in [-0.39, 0.29) is 11.9 Å². The Labute approximate surface area is 141 Å². The fourth-order valence-electron chi connectivity index (χ4n) is 2.79. The van der Waals surface area contributed by atoms with Crippen molar-refractivity contribution < 1.29 is 9.13 Å². The molecule has 1 aliphatic rings. The molecule has 0 aliphatic carbocycles. The summed E-state index contributed by atoms with van der Waals surface area (Å²) in [7, 11) is 0. The van der Waals surface area contributed by atoms with Crippen molar-refractivity contribution in [3.63, 3.8) is 0 Å². The number of rotatable bonds is 6. The summed E-state index contributed by atoms with van der Waals surface area (Å²) in [6.07, 6.45) is 1.75. The van der Waals surface area contributed by atoms with E-state index in [1.807, 2.05) is 17.1 Å². The maximum Gasteiger partial charge on any atom is 0.123 e. The third-order valence-corrected chi connectivity index (χ3v) is 4.04. The van der Waals surface area contributed by atoms with Crippen LogP contribution in [0.4, 0.5) is 10.1 Å². The van der Waals surface area contributed by atoms with Gasteiger partial charge in [-0.05, 0) is 48.4 Å². The van der Waals surface area contributed by atoms with Gasteiger partial charge in [-0.3, -0.25) is 5.01 Å². The molecule has 1 heterocycles. The highest BCUT2D eigenvalue weighted by atomic mass is 19.1. The Kier molecular flexibility index (Phi) is 5.11. The van der Waals surface area contributed by atoms with Crippen molar-refractivity contribution in [2.24, 2.45) is 10.8 Å². The Morgan fingerprint density at radius 3 is 2.50 bits per heavy atom. The van der Waals surface area contributed by atoms with Gasteiger partial charge in [0.25, 0.3) is 0 Å². The third-order valence-electron chi connectivity index (χ3n) is 4.04. The molecule has 2 N–H and O–H groups in total. The van der Waals surface area contributed by atoms with Gasteiger partial charge in [-0.2, -0.15) is 5.10 Å². The zero-order chi connectivity index (χ0) is 16.9. The quantitative estimate of drug-likeness (QED) is 0.876. The smallest absolute Gasteiger partial charge is 0.123 e. The van der Waals surface area contributed by atoms with Crippen molar-refractivity contribution in [1.29, 1.82) is 0 Å². The van der Waals surface area contributed by atoms with E-state index in [0.717, 1.165) is 35.6 Å². The van der Waals surface area contributed by atoms with Gasteiger partial charge >= 0.3 is 0 Å². The van der Waals surface area contributed by atoms with E-state index in [0.29, 0.717) is 13.2 Å². The molecule has 1 unspecified atom stereocenters. The van der Waals surface area contributed by atoms with Gasteiger partial charge in [-0.25, -0.2) is 4.39 Å².